The van der Waals surface area contributed by atoms with E-state index in [0.717, 1.165) is 28.2 Å². The zero-order valence-electron chi connectivity index (χ0n) is 22.6. The number of benzene rings is 2. The largest absolute Gasteiger partial charge is 0.472 e. The number of likely N-dealkylation sites (N-methyl/N-ethyl adjacent to an activating group) is 1. The predicted molar refractivity (Wildman–Crippen MR) is 150 cm³/mol. The first-order chi connectivity index (χ1) is 18.9. The first-order valence-electron chi connectivity index (χ1n) is 13.3. The molecule has 0 unspecified atom stereocenters. The minimum Gasteiger partial charge on any atom is -0.472 e. The Morgan fingerprint density at radius 3 is 2.67 bits per heavy atom. The van der Waals surface area contributed by atoms with Crippen molar-refractivity contribution in [3.05, 3.63) is 83.0 Å². The minimum absolute atomic E-state index is 0.00903. The van der Waals surface area contributed by atoms with Gasteiger partial charge in [0.2, 0.25) is 12.7 Å². The Kier molecular flexibility index (Phi) is 8.14. The Hall–Kier alpha value is -3.88. The van der Waals surface area contributed by atoms with Crippen LogP contribution in [0.4, 0.5) is 0 Å². The van der Waals surface area contributed by atoms with E-state index in [4.69, 9.17) is 14.2 Å². The van der Waals surface area contributed by atoms with E-state index >= 15 is 0 Å². The molecular weight excluding hydrogens is 494 g/mol. The lowest BCUT2D eigenvalue weighted by atomic mass is 9.99. The maximum Gasteiger partial charge on any atom is 0.259 e. The van der Waals surface area contributed by atoms with Gasteiger partial charge in [-0.15, -0.1) is 0 Å². The molecule has 3 heterocycles. The summed E-state index contributed by atoms with van der Waals surface area (Å²) in [7, 11) is 2.05. The molecule has 204 valence electrons. The summed E-state index contributed by atoms with van der Waals surface area (Å²) in [5, 5.41) is 9.93. The van der Waals surface area contributed by atoms with Crippen LogP contribution in [0.3, 0.4) is 0 Å². The van der Waals surface area contributed by atoms with Gasteiger partial charge in [0, 0.05) is 31.7 Å². The van der Waals surface area contributed by atoms with Crippen molar-refractivity contribution in [2.45, 2.75) is 32.5 Å². The molecule has 1 N–H and O–H groups in total. The average molecular weight is 530 g/mol. The molecule has 3 atom stereocenters. The number of nitrogens with zero attached hydrogens (tertiary/aromatic N) is 3. The smallest absolute Gasteiger partial charge is 0.259 e. The fourth-order valence-electron chi connectivity index (χ4n) is 4.91. The lowest BCUT2D eigenvalue weighted by Crippen LogP contribution is -2.49. The highest BCUT2D eigenvalue weighted by molar-refractivity contribution is 5.97. The van der Waals surface area contributed by atoms with Crippen molar-refractivity contribution >= 4 is 18.1 Å². The molecule has 39 heavy (non-hydrogen) atoms. The third-order valence-electron chi connectivity index (χ3n) is 7.19. The van der Waals surface area contributed by atoms with Gasteiger partial charge in [-0.05, 0) is 48.9 Å². The van der Waals surface area contributed by atoms with Crippen LogP contribution in [-0.2, 0) is 6.54 Å². The Labute approximate surface area is 229 Å². The van der Waals surface area contributed by atoms with Crippen LogP contribution in [-0.4, -0.2) is 71.5 Å². The summed E-state index contributed by atoms with van der Waals surface area (Å²) in [4.78, 5) is 22.2. The fourth-order valence-corrected chi connectivity index (χ4v) is 4.91. The molecule has 0 spiro atoms. The van der Waals surface area contributed by atoms with Gasteiger partial charge in [0.25, 0.3) is 5.91 Å². The zero-order valence-corrected chi connectivity index (χ0v) is 22.6. The second kappa shape index (κ2) is 11.9. The topological polar surface area (TPSA) is 84.4 Å². The van der Waals surface area contributed by atoms with Crippen molar-refractivity contribution in [1.82, 2.24) is 14.8 Å². The van der Waals surface area contributed by atoms with E-state index in [0.29, 0.717) is 31.1 Å². The molecule has 1 aromatic heterocycles. The molecule has 2 aliphatic heterocycles. The first-order valence-corrected chi connectivity index (χ1v) is 13.3. The second-order valence-electron chi connectivity index (χ2n) is 10.4. The van der Waals surface area contributed by atoms with Gasteiger partial charge in [-0.3, -0.25) is 9.69 Å². The summed E-state index contributed by atoms with van der Waals surface area (Å²) in [5.74, 6) is 1.67. The summed E-state index contributed by atoms with van der Waals surface area (Å²) in [6.07, 6.45) is 5.43. The SMILES string of the molecule is C[C@@H]1CN([C@@H](C)CO)C(=O)c2cc(/C=C/c3ccccc3)cnc2O[C@H]1CN(C)Cc1ccc2c(c1)OCO2. The number of carbonyl (C=O) groups excluding carboxylic acids is 1. The molecule has 0 saturated heterocycles. The van der Waals surface area contributed by atoms with Crippen molar-refractivity contribution in [1.29, 1.82) is 0 Å². The quantitative estimate of drug-likeness (QED) is 0.465. The lowest BCUT2D eigenvalue weighted by Gasteiger charge is -2.37. The van der Waals surface area contributed by atoms with Crippen LogP contribution >= 0.6 is 0 Å². The van der Waals surface area contributed by atoms with Gasteiger partial charge in [-0.1, -0.05) is 55.5 Å². The van der Waals surface area contributed by atoms with Gasteiger partial charge in [-0.25, -0.2) is 4.98 Å². The van der Waals surface area contributed by atoms with E-state index in [-0.39, 0.29) is 37.4 Å². The standard InChI is InChI=1S/C31H35N3O5/c1-21-16-34(22(2)19-35)31(36)26-13-24(10-9-23-7-5-4-6-8-23)15-32-30(26)39-29(21)18-33(3)17-25-11-12-27-28(14-25)38-20-37-27/h4-15,21-22,29,35H,16-20H2,1-3H3/b10-9+/t21-,22+,29+/m1/s1. The van der Waals surface area contributed by atoms with E-state index < -0.39 is 0 Å². The molecule has 0 fully saturated rings. The van der Waals surface area contributed by atoms with Crippen LogP contribution in [0.2, 0.25) is 0 Å². The van der Waals surface area contributed by atoms with E-state index in [9.17, 15) is 9.90 Å². The maximum absolute atomic E-state index is 13.7. The summed E-state index contributed by atoms with van der Waals surface area (Å²) in [6, 6.07) is 17.4. The molecule has 2 aliphatic rings. The van der Waals surface area contributed by atoms with E-state index in [1.54, 1.807) is 11.1 Å². The number of amides is 1. The van der Waals surface area contributed by atoms with Crippen LogP contribution in [0.15, 0.2) is 60.8 Å². The molecule has 0 radical (unpaired) electrons. The number of fused-ring (bicyclic) bond motifs is 2. The monoisotopic (exact) mass is 529 g/mol. The summed E-state index contributed by atoms with van der Waals surface area (Å²) >= 11 is 0. The highest BCUT2D eigenvalue weighted by atomic mass is 16.7. The zero-order chi connectivity index (χ0) is 27.4. The van der Waals surface area contributed by atoms with Crippen molar-refractivity contribution in [2.24, 2.45) is 5.92 Å². The highest BCUT2D eigenvalue weighted by Crippen LogP contribution is 2.33. The summed E-state index contributed by atoms with van der Waals surface area (Å²) in [6.45, 7) is 5.85. The van der Waals surface area contributed by atoms with Gasteiger partial charge in [0.05, 0.1) is 12.6 Å². The highest BCUT2D eigenvalue weighted by Gasteiger charge is 2.34. The molecule has 5 rings (SSSR count). The third-order valence-corrected chi connectivity index (χ3v) is 7.19. The molecule has 2 aromatic carbocycles. The number of aliphatic hydroxyl groups excluding tert-OH is 1. The number of ether oxygens (including phenoxy) is 3. The number of pyridine rings is 1. The van der Waals surface area contributed by atoms with E-state index in [1.165, 1.54) is 0 Å². The average Bonchev–Trinajstić information content (AvgIpc) is 3.42. The van der Waals surface area contributed by atoms with Crippen LogP contribution in [0.5, 0.6) is 17.4 Å². The molecule has 8 nitrogen and oxygen atoms in total. The number of hydrogen-bond acceptors (Lipinski definition) is 7. The van der Waals surface area contributed by atoms with Gasteiger partial charge in [-0.2, -0.15) is 0 Å². The molecule has 8 heteroatoms. The molecule has 3 aromatic rings. The summed E-state index contributed by atoms with van der Waals surface area (Å²) < 4.78 is 17.4. The van der Waals surface area contributed by atoms with Crippen LogP contribution in [0.25, 0.3) is 12.2 Å². The second-order valence-corrected chi connectivity index (χ2v) is 10.4. The van der Waals surface area contributed by atoms with Crippen molar-refractivity contribution in [3.63, 3.8) is 0 Å². The Bertz CT molecular complexity index is 1330. The van der Waals surface area contributed by atoms with Gasteiger partial charge in [0.15, 0.2) is 11.5 Å². The normalized spacial score (nSPS) is 19.5. The van der Waals surface area contributed by atoms with Gasteiger partial charge in [0.1, 0.15) is 11.7 Å². The predicted octanol–water partition coefficient (Wildman–Crippen LogP) is 4.33. The number of carbonyl (C=O) groups is 1. The van der Waals surface area contributed by atoms with Crippen LogP contribution in [0.1, 0.15) is 40.9 Å². The number of aromatic nitrogens is 1. The number of hydrogen-bond donors (Lipinski definition) is 1. The molecule has 0 bridgehead atoms. The Balaban J connectivity index is 1.38. The van der Waals surface area contributed by atoms with Crippen molar-refractivity contribution in [2.75, 3.05) is 33.5 Å². The van der Waals surface area contributed by atoms with Crippen LogP contribution < -0.4 is 14.2 Å². The third kappa shape index (κ3) is 6.24. The maximum atomic E-state index is 13.7. The van der Waals surface area contributed by atoms with Crippen molar-refractivity contribution in [3.8, 4) is 17.4 Å². The van der Waals surface area contributed by atoms with Crippen LogP contribution in [0, 0.1) is 5.92 Å². The molecule has 1 amide bonds. The minimum atomic E-state index is -0.332. The first kappa shape index (κ1) is 26.7. The molecular formula is C31H35N3O5. The fraction of sp³-hybridized carbons (Fsp3) is 0.355. The van der Waals surface area contributed by atoms with Gasteiger partial charge < -0.3 is 24.2 Å². The van der Waals surface area contributed by atoms with E-state index in [1.807, 2.05) is 80.7 Å². The molecule has 0 saturated carbocycles. The van der Waals surface area contributed by atoms with Crippen molar-refractivity contribution < 1.29 is 24.1 Å². The number of aliphatic hydroxyl groups is 1. The Morgan fingerprint density at radius 2 is 1.87 bits per heavy atom. The molecule has 0 aliphatic carbocycles. The number of rotatable bonds is 8. The Morgan fingerprint density at radius 1 is 1.10 bits per heavy atom. The lowest BCUT2D eigenvalue weighted by molar-refractivity contribution is 0.0325. The van der Waals surface area contributed by atoms with Gasteiger partial charge >= 0.3 is 0 Å². The van der Waals surface area contributed by atoms with E-state index in [2.05, 4.69) is 16.8 Å². The summed E-state index contributed by atoms with van der Waals surface area (Å²) in [5.41, 5.74) is 3.37.